The number of piperidine rings is 1. The third kappa shape index (κ3) is 4.60. The zero-order chi connectivity index (χ0) is 13.0. The van der Waals surface area contributed by atoms with Crippen LogP contribution in [0.25, 0.3) is 0 Å². The Hall–Kier alpha value is -0.350. The maximum Gasteiger partial charge on any atom is 0.123 e. The van der Waals surface area contributed by atoms with Gasteiger partial charge in [0.15, 0.2) is 0 Å². The van der Waals surface area contributed by atoms with Crippen LogP contribution >= 0.6 is 24.0 Å². The minimum Gasteiger partial charge on any atom is -0.330 e. The van der Waals surface area contributed by atoms with E-state index in [-0.39, 0.29) is 18.2 Å². The molecule has 2 N–H and O–H groups in total. The summed E-state index contributed by atoms with van der Waals surface area (Å²) in [4.78, 5) is 2.39. The highest BCUT2D eigenvalue weighted by Gasteiger charge is 2.22. The molecule has 2 nitrogen and oxygen atoms in total. The first-order valence-corrected chi connectivity index (χ1v) is 6.96. The molecule has 0 aliphatic carbocycles. The molecule has 1 aromatic rings. The number of hydrogen-bond acceptors (Lipinski definition) is 2. The average Bonchev–Trinajstić information content (AvgIpc) is 2.36. The van der Waals surface area contributed by atoms with Crippen LogP contribution in [0.2, 0.25) is 5.02 Å². The Morgan fingerprint density at radius 2 is 2.16 bits per heavy atom. The number of nitrogens with zero attached hydrogens (tertiary/aromatic N) is 1. The number of nitrogens with two attached hydrogens (primary N) is 1. The molecule has 1 fully saturated rings. The second kappa shape index (κ2) is 8.05. The van der Waals surface area contributed by atoms with Crippen molar-refractivity contribution in [1.29, 1.82) is 0 Å². The molecule has 1 unspecified atom stereocenters. The van der Waals surface area contributed by atoms with Gasteiger partial charge in [-0.3, -0.25) is 4.90 Å². The molecule has 1 aliphatic rings. The van der Waals surface area contributed by atoms with Gasteiger partial charge in [-0.05, 0) is 56.1 Å². The van der Waals surface area contributed by atoms with Gasteiger partial charge in [-0.2, -0.15) is 0 Å². The predicted molar refractivity (Wildman–Crippen MR) is 80.4 cm³/mol. The molecule has 1 aliphatic heterocycles. The molecule has 0 spiro atoms. The standard InChI is InChI=1S/C14H20ClFN2.ClH/c15-14-5-4-12(16)9-11(14)10-18-8-2-1-3-13(18)6-7-17;/h4-5,9,13H,1-3,6-8,10,17H2;1H. The van der Waals surface area contributed by atoms with Gasteiger partial charge >= 0.3 is 0 Å². The van der Waals surface area contributed by atoms with E-state index < -0.39 is 0 Å². The Balaban J connectivity index is 0.00000180. The molecular formula is C14H21Cl2FN2. The van der Waals surface area contributed by atoms with E-state index in [1.54, 1.807) is 6.07 Å². The second-order valence-corrected chi connectivity index (χ2v) is 5.34. The molecule has 1 heterocycles. The van der Waals surface area contributed by atoms with Crippen LogP contribution in [0.1, 0.15) is 31.2 Å². The quantitative estimate of drug-likeness (QED) is 0.921. The van der Waals surface area contributed by atoms with Crippen molar-refractivity contribution in [3.8, 4) is 0 Å². The molecule has 0 saturated carbocycles. The summed E-state index contributed by atoms with van der Waals surface area (Å²) in [5.41, 5.74) is 6.53. The third-order valence-corrected chi connectivity index (χ3v) is 4.00. The van der Waals surface area contributed by atoms with Crippen molar-refractivity contribution >= 4 is 24.0 Å². The number of benzene rings is 1. The summed E-state index contributed by atoms with van der Waals surface area (Å²) in [5, 5.41) is 0.647. The fourth-order valence-corrected chi connectivity index (χ4v) is 2.85. The summed E-state index contributed by atoms with van der Waals surface area (Å²) < 4.78 is 13.2. The maximum atomic E-state index is 13.2. The zero-order valence-electron chi connectivity index (χ0n) is 10.9. The molecule has 5 heteroatoms. The summed E-state index contributed by atoms with van der Waals surface area (Å²) in [6.45, 7) is 2.48. The van der Waals surface area contributed by atoms with Crippen LogP contribution in [-0.4, -0.2) is 24.0 Å². The van der Waals surface area contributed by atoms with E-state index in [0.29, 0.717) is 17.6 Å². The Kier molecular flexibility index (Phi) is 7.08. The third-order valence-electron chi connectivity index (χ3n) is 3.63. The highest BCUT2D eigenvalue weighted by molar-refractivity contribution is 6.31. The van der Waals surface area contributed by atoms with E-state index >= 15 is 0 Å². The molecule has 0 amide bonds. The number of likely N-dealkylation sites (tertiary alicyclic amines) is 1. The summed E-state index contributed by atoms with van der Waals surface area (Å²) in [5.74, 6) is -0.221. The first-order valence-electron chi connectivity index (χ1n) is 6.58. The largest absolute Gasteiger partial charge is 0.330 e. The lowest BCUT2D eigenvalue weighted by atomic mass is 9.98. The fourth-order valence-electron chi connectivity index (χ4n) is 2.67. The monoisotopic (exact) mass is 306 g/mol. The van der Waals surface area contributed by atoms with Gasteiger partial charge in [0.25, 0.3) is 0 Å². The predicted octanol–water partition coefficient (Wildman–Crippen LogP) is 3.60. The van der Waals surface area contributed by atoms with E-state index in [1.165, 1.54) is 31.4 Å². The summed E-state index contributed by atoms with van der Waals surface area (Å²) in [6.07, 6.45) is 4.66. The smallest absolute Gasteiger partial charge is 0.123 e. The molecular weight excluding hydrogens is 286 g/mol. The van der Waals surface area contributed by atoms with Crippen molar-refractivity contribution in [2.75, 3.05) is 13.1 Å². The van der Waals surface area contributed by atoms with Gasteiger partial charge in [-0.1, -0.05) is 18.0 Å². The van der Waals surface area contributed by atoms with Gasteiger partial charge in [0.1, 0.15) is 5.82 Å². The molecule has 2 rings (SSSR count). The molecule has 1 saturated heterocycles. The van der Waals surface area contributed by atoms with Gasteiger partial charge < -0.3 is 5.73 Å². The normalized spacial score (nSPS) is 20.1. The Morgan fingerprint density at radius 1 is 1.37 bits per heavy atom. The van der Waals surface area contributed by atoms with Crippen LogP contribution < -0.4 is 5.73 Å². The molecule has 0 bridgehead atoms. The summed E-state index contributed by atoms with van der Waals surface area (Å²) in [7, 11) is 0. The van der Waals surface area contributed by atoms with E-state index in [0.717, 1.165) is 25.1 Å². The fraction of sp³-hybridized carbons (Fsp3) is 0.571. The van der Waals surface area contributed by atoms with Crippen molar-refractivity contribution in [2.45, 2.75) is 38.3 Å². The van der Waals surface area contributed by atoms with Crippen LogP contribution in [0.4, 0.5) is 4.39 Å². The van der Waals surface area contributed by atoms with E-state index in [9.17, 15) is 4.39 Å². The minimum atomic E-state index is -0.221. The highest BCUT2D eigenvalue weighted by Crippen LogP contribution is 2.25. The van der Waals surface area contributed by atoms with Crippen molar-refractivity contribution in [1.82, 2.24) is 4.90 Å². The highest BCUT2D eigenvalue weighted by atomic mass is 35.5. The van der Waals surface area contributed by atoms with Gasteiger partial charge in [-0.25, -0.2) is 4.39 Å². The second-order valence-electron chi connectivity index (χ2n) is 4.93. The zero-order valence-corrected chi connectivity index (χ0v) is 12.5. The molecule has 1 atom stereocenters. The first-order chi connectivity index (χ1) is 8.70. The first kappa shape index (κ1) is 16.7. The molecule has 19 heavy (non-hydrogen) atoms. The number of hydrogen-bond donors (Lipinski definition) is 1. The summed E-state index contributed by atoms with van der Waals surface area (Å²) >= 11 is 6.12. The van der Waals surface area contributed by atoms with Crippen molar-refractivity contribution in [3.63, 3.8) is 0 Å². The topological polar surface area (TPSA) is 29.3 Å². The van der Waals surface area contributed by atoms with Gasteiger partial charge in [0.2, 0.25) is 0 Å². The van der Waals surface area contributed by atoms with E-state index in [2.05, 4.69) is 4.90 Å². The molecule has 1 aromatic carbocycles. The minimum absolute atomic E-state index is 0. The van der Waals surface area contributed by atoms with Gasteiger partial charge in [-0.15, -0.1) is 12.4 Å². The van der Waals surface area contributed by atoms with Crippen molar-refractivity contribution in [2.24, 2.45) is 5.73 Å². The van der Waals surface area contributed by atoms with Crippen molar-refractivity contribution < 1.29 is 4.39 Å². The Bertz CT molecular complexity index is 399. The van der Waals surface area contributed by atoms with Crippen molar-refractivity contribution in [3.05, 3.63) is 34.6 Å². The molecule has 108 valence electrons. The van der Waals surface area contributed by atoms with Gasteiger partial charge in [0, 0.05) is 17.6 Å². The van der Waals surface area contributed by atoms with E-state index in [1.807, 2.05) is 0 Å². The molecule has 0 radical (unpaired) electrons. The Morgan fingerprint density at radius 3 is 2.89 bits per heavy atom. The SMILES string of the molecule is Cl.NCCC1CCCCN1Cc1cc(F)ccc1Cl. The lowest BCUT2D eigenvalue weighted by Crippen LogP contribution is -2.40. The van der Waals surface area contributed by atoms with E-state index in [4.69, 9.17) is 17.3 Å². The van der Waals surface area contributed by atoms with Gasteiger partial charge in [0.05, 0.1) is 0 Å². The number of rotatable bonds is 4. The molecule has 0 aromatic heterocycles. The summed E-state index contributed by atoms with van der Waals surface area (Å²) in [6, 6.07) is 5.09. The lowest BCUT2D eigenvalue weighted by molar-refractivity contribution is 0.134. The lowest BCUT2D eigenvalue weighted by Gasteiger charge is -2.35. The van der Waals surface area contributed by atoms with Crippen LogP contribution in [0.5, 0.6) is 0 Å². The van der Waals surface area contributed by atoms with Crippen LogP contribution in [-0.2, 0) is 6.54 Å². The average molecular weight is 307 g/mol. The van der Waals surface area contributed by atoms with Crippen LogP contribution in [0, 0.1) is 5.82 Å². The van der Waals surface area contributed by atoms with Crippen LogP contribution in [0.15, 0.2) is 18.2 Å². The Labute approximate surface area is 125 Å². The maximum absolute atomic E-state index is 13.2. The van der Waals surface area contributed by atoms with Crippen LogP contribution in [0.3, 0.4) is 0 Å². The number of halogens is 3.